The monoisotopic (exact) mass is 291 g/mol. The number of nitrogens with zero attached hydrogens (tertiary/aromatic N) is 3. The summed E-state index contributed by atoms with van der Waals surface area (Å²) in [5.41, 5.74) is -0.308. The summed E-state index contributed by atoms with van der Waals surface area (Å²) in [4.78, 5) is 26.0. The van der Waals surface area contributed by atoms with E-state index >= 15 is 0 Å². The van der Waals surface area contributed by atoms with E-state index < -0.39 is 10.8 Å². The Morgan fingerprint density at radius 2 is 2.05 bits per heavy atom. The van der Waals surface area contributed by atoms with Gasteiger partial charge in [-0.05, 0) is 0 Å². The van der Waals surface area contributed by atoms with Crippen LogP contribution in [0, 0.1) is 10.1 Å². The minimum Gasteiger partial charge on any atom is -0.486 e. The molecule has 10 heteroatoms. The summed E-state index contributed by atoms with van der Waals surface area (Å²) in [5, 5.41) is 19.4. The van der Waals surface area contributed by atoms with Crippen LogP contribution in [-0.2, 0) is 0 Å². The van der Waals surface area contributed by atoms with E-state index in [2.05, 4.69) is 20.5 Å². The number of aromatic amines is 1. The van der Waals surface area contributed by atoms with Gasteiger partial charge in [-0.1, -0.05) is 0 Å². The molecule has 0 saturated heterocycles. The zero-order chi connectivity index (χ0) is 14.8. The fraction of sp³-hybridized carbons (Fsp3) is 0.182. The van der Waals surface area contributed by atoms with Crippen LogP contribution in [0.4, 0.5) is 11.4 Å². The summed E-state index contributed by atoms with van der Waals surface area (Å²) in [6.45, 7) is 0.647. The number of nitro benzene ring substituents is 1. The van der Waals surface area contributed by atoms with E-state index in [4.69, 9.17) is 9.47 Å². The first-order valence-electron chi connectivity index (χ1n) is 5.90. The lowest BCUT2D eigenvalue weighted by Crippen LogP contribution is -2.18. The van der Waals surface area contributed by atoms with E-state index in [0.29, 0.717) is 19.0 Å². The number of hydrogen-bond donors (Lipinski definition) is 2. The Hall–Kier alpha value is -3.17. The molecule has 21 heavy (non-hydrogen) atoms. The lowest BCUT2D eigenvalue weighted by atomic mass is 10.2. The van der Waals surface area contributed by atoms with Crippen molar-refractivity contribution in [2.75, 3.05) is 18.5 Å². The summed E-state index contributed by atoms with van der Waals surface area (Å²) < 4.78 is 10.6. The smallest absolute Gasteiger partial charge is 0.296 e. The predicted octanol–water partition coefficient (Wildman–Crippen LogP) is 0.736. The molecule has 1 amide bonds. The minimum absolute atomic E-state index is 0.00866. The van der Waals surface area contributed by atoms with Crippen LogP contribution < -0.4 is 14.8 Å². The van der Waals surface area contributed by atoms with Gasteiger partial charge in [-0.2, -0.15) is 5.10 Å². The van der Waals surface area contributed by atoms with Crippen LogP contribution in [0.25, 0.3) is 0 Å². The maximum Gasteiger partial charge on any atom is 0.296 e. The number of nitrogens with one attached hydrogen (secondary N) is 2. The average Bonchev–Trinajstić information content (AvgIpc) is 3.00. The molecule has 1 aliphatic rings. The molecule has 2 N–H and O–H groups in total. The number of aromatic nitrogens is 3. The molecular weight excluding hydrogens is 282 g/mol. The van der Waals surface area contributed by atoms with E-state index in [9.17, 15) is 14.9 Å². The van der Waals surface area contributed by atoms with Crippen LogP contribution in [0.15, 0.2) is 18.5 Å². The third-order valence-electron chi connectivity index (χ3n) is 2.74. The number of fused-ring (bicyclic) bond motifs is 1. The zero-order valence-electron chi connectivity index (χ0n) is 10.5. The van der Waals surface area contributed by atoms with Crippen molar-refractivity contribution in [3.63, 3.8) is 0 Å². The first kappa shape index (κ1) is 12.8. The lowest BCUT2D eigenvalue weighted by Gasteiger charge is -2.19. The normalized spacial score (nSPS) is 12.8. The number of ether oxygens (including phenoxy) is 2. The second-order valence-electron chi connectivity index (χ2n) is 4.06. The molecule has 1 aromatic carbocycles. The van der Waals surface area contributed by atoms with Gasteiger partial charge >= 0.3 is 0 Å². The number of nitro groups is 1. The molecule has 0 bridgehead atoms. The Bertz CT molecular complexity index is 699. The molecule has 0 saturated carbocycles. The molecule has 0 aliphatic carbocycles. The summed E-state index contributed by atoms with van der Waals surface area (Å²) in [6, 6.07) is 2.56. The largest absolute Gasteiger partial charge is 0.486 e. The second kappa shape index (κ2) is 5.07. The summed E-state index contributed by atoms with van der Waals surface area (Å²) in [7, 11) is 0. The van der Waals surface area contributed by atoms with E-state index in [-0.39, 0.29) is 22.9 Å². The van der Waals surface area contributed by atoms with Crippen molar-refractivity contribution in [1.29, 1.82) is 0 Å². The van der Waals surface area contributed by atoms with Crippen LogP contribution in [0.5, 0.6) is 11.5 Å². The minimum atomic E-state index is -0.646. The van der Waals surface area contributed by atoms with E-state index in [0.717, 1.165) is 6.33 Å². The molecule has 2 heterocycles. The lowest BCUT2D eigenvalue weighted by molar-refractivity contribution is -0.384. The fourth-order valence-electron chi connectivity index (χ4n) is 1.83. The van der Waals surface area contributed by atoms with Crippen molar-refractivity contribution >= 4 is 17.3 Å². The maximum absolute atomic E-state index is 11.9. The van der Waals surface area contributed by atoms with Gasteiger partial charge in [-0.3, -0.25) is 20.0 Å². The van der Waals surface area contributed by atoms with Crippen LogP contribution >= 0.6 is 0 Å². The van der Waals surface area contributed by atoms with E-state index in [1.807, 2.05) is 0 Å². The van der Waals surface area contributed by atoms with Crippen molar-refractivity contribution in [2.45, 2.75) is 0 Å². The number of carbonyl (C=O) groups excluding carboxylic acids is 1. The first-order valence-corrected chi connectivity index (χ1v) is 5.90. The van der Waals surface area contributed by atoms with E-state index in [1.54, 1.807) is 0 Å². The molecular formula is C11H9N5O5. The highest BCUT2D eigenvalue weighted by Crippen LogP contribution is 2.39. The van der Waals surface area contributed by atoms with Crippen molar-refractivity contribution < 1.29 is 19.2 Å². The average molecular weight is 291 g/mol. The number of hydrogen-bond acceptors (Lipinski definition) is 7. The Morgan fingerprint density at radius 1 is 1.33 bits per heavy atom. The van der Waals surface area contributed by atoms with E-state index in [1.165, 1.54) is 12.1 Å². The second-order valence-corrected chi connectivity index (χ2v) is 4.06. The van der Waals surface area contributed by atoms with Gasteiger partial charge in [0, 0.05) is 6.07 Å². The number of benzene rings is 1. The molecule has 1 aliphatic heterocycles. The molecule has 10 nitrogen and oxygen atoms in total. The Balaban J connectivity index is 1.96. The molecule has 1 aromatic heterocycles. The highest BCUT2D eigenvalue weighted by Gasteiger charge is 2.24. The van der Waals surface area contributed by atoms with Gasteiger partial charge in [0.1, 0.15) is 25.2 Å². The predicted molar refractivity (Wildman–Crippen MR) is 68.4 cm³/mol. The summed E-state index contributed by atoms with van der Waals surface area (Å²) >= 11 is 0. The third kappa shape index (κ3) is 2.45. The van der Waals surface area contributed by atoms with Gasteiger partial charge in [-0.25, -0.2) is 4.98 Å². The molecule has 0 unspecified atom stereocenters. The Labute approximate surface area is 117 Å². The topological polar surface area (TPSA) is 132 Å². The number of anilines is 1. The van der Waals surface area contributed by atoms with Crippen molar-refractivity contribution in [3.8, 4) is 11.5 Å². The molecule has 108 valence electrons. The van der Waals surface area contributed by atoms with Crippen molar-refractivity contribution in [1.82, 2.24) is 15.2 Å². The van der Waals surface area contributed by atoms with Crippen LogP contribution in [0.2, 0.25) is 0 Å². The number of amides is 1. The van der Waals surface area contributed by atoms with Crippen LogP contribution in [0.3, 0.4) is 0 Å². The highest BCUT2D eigenvalue weighted by atomic mass is 16.6. The maximum atomic E-state index is 11.9. The van der Waals surface area contributed by atoms with Gasteiger partial charge in [-0.15, -0.1) is 0 Å². The molecule has 0 spiro atoms. The first-order chi connectivity index (χ1) is 10.1. The summed E-state index contributed by atoms with van der Waals surface area (Å²) in [6.07, 6.45) is 1.16. The third-order valence-corrected chi connectivity index (χ3v) is 2.74. The molecule has 0 fully saturated rings. The number of carbonyl (C=O) groups is 1. The van der Waals surface area contributed by atoms with Gasteiger partial charge in [0.2, 0.25) is 5.82 Å². The van der Waals surface area contributed by atoms with Gasteiger partial charge in [0.05, 0.1) is 11.0 Å². The van der Waals surface area contributed by atoms with Crippen LogP contribution in [0.1, 0.15) is 10.6 Å². The SMILES string of the molecule is O=C(Nc1cc2c(cc1[N+](=O)[O-])OCCO2)c1ncn[nH]1. The molecule has 0 radical (unpaired) electrons. The van der Waals surface area contributed by atoms with Crippen molar-refractivity contribution in [2.24, 2.45) is 0 Å². The molecule has 0 atom stereocenters. The summed E-state index contributed by atoms with van der Waals surface area (Å²) in [5.74, 6) is -0.100. The highest BCUT2D eigenvalue weighted by molar-refractivity contribution is 6.03. The zero-order valence-corrected chi connectivity index (χ0v) is 10.5. The Morgan fingerprint density at radius 3 is 2.67 bits per heavy atom. The molecule has 3 rings (SSSR count). The molecule has 2 aromatic rings. The van der Waals surface area contributed by atoms with Gasteiger partial charge in [0.15, 0.2) is 11.5 Å². The number of rotatable bonds is 3. The van der Waals surface area contributed by atoms with Gasteiger partial charge in [0.25, 0.3) is 11.6 Å². The number of H-pyrrole nitrogens is 1. The van der Waals surface area contributed by atoms with Crippen LogP contribution in [-0.4, -0.2) is 39.2 Å². The van der Waals surface area contributed by atoms with Crippen molar-refractivity contribution in [3.05, 3.63) is 34.4 Å². The standard InChI is InChI=1S/C11H9N5O5/c17-11(10-12-5-13-15-10)14-6-3-8-9(21-2-1-20-8)4-7(6)16(18)19/h3-5H,1-2H2,(H,14,17)(H,12,13,15). The van der Waals surface area contributed by atoms with Gasteiger partial charge < -0.3 is 14.8 Å². The Kier molecular flexibility index (Phi) is 3.10. The quantitative estimate of drug-likeness (QED) is 0.629. The fourth-order valence-corrected chi connectivity index (χ4v) is 1.83.